The molecule has 180 valence electrons. The van der Waals surface area contributed by atoms with Gasteiger partial charge in [0.1, 0.15) is 6.04 Å². The van der Waals surface area contributed by atoms with Gasteiger partial charge in [0, 0.05) is 29.8 Å². The number of H-pyrrole nitrogens is 1. The van der Waals surface area contributed by atoms with Crippen molar-refractivity contribution in [3.63, 3.8) is 0 Å². The van der Waals surface area contributed by atoms with Crippen LogP contribution in [0.25, 0.3) is 22.5 Å². The molecule has 1 atom stereocenters. The molecule has 9 nitrogen and oxygen atoms in total. The number of carbonyl (C=O) groups excluding carboxylic acids is 1. The number of aromatic amines is 1. The fourth-order valence-electron chi connectivity index (χ4n) is 5.03. The summed E-state index contributed by atoms with van der Waals surface area (Å²) >= 11 is 0. The van der Waals surface area contributed by atoms with Crippen LogP contribution in [-0.2, 0) is 28.9 Å². The molecule has 1 N–H and O–H groups in total. The van der Waals surface area contributed by atoms with E-state index >= 15 is 0 Å². The number of fused-ring (bicyclic) bond motifs is 1. The van der Waals surface area contributed by atoms with Gasteiger partial charge in [0.15, 0.2) is 0 Å². The quantitative estimate of drug-likeness (QED) is 0.412. The van der Waals surface area contributed by atoms with Gasteiger partial charge in [0.2, 0.25) is 5.82 Å². The summed E-state index contributed by atoms with van der Waals surface area (Å²) in [4.78, 5) is 25.9. The van der Waals surface area contributed by atoms with Crippen LogP contribution in [0.15, 0.2) is 53.3 Å². The van der Waals surface area contributed by atoms with E-state index in [1.807, 2.05) is 28.9 Å². The van der Waals surface area contributed by atoms with Crippen molar-refractivity contribution in [3.05, 3.63) is 75.7 Å². The molecule has 1 aliphatic rings. The number of aromatic nitrogens is 6. The van der Waals surface area contributed by atoms with Gasteiger partial charge in [-0.05, 0) is 41.2 Å². The van der Waals surface area contributed by atoms with E-state index in [1.54, 1.807) is 4.68 Å². The van der Waals surface area contributed by atoms with Crippen LogP contribution >= 0.6 is 0 Å². The third-order valence-corrected chi connectivity index (χ3v) is 6.64. The van der Waals surface area contributed by atoms with Crippen LogP contribution < -0.4 is 5.56 Å². The first kappa shape index (κ1) is 22.8. The van der Waals surface area contributed by atoms with Crippen molar-refractivity contribution in [1.29, 1.82) is 0 Å². The van der Waals surface area contributed by atoms with Crippen LogP contribution in [0.5, 0.6) is 0 Å². The maximum Gasteiger partial charge on any atom is 0.330 e. The van der Waals surface area contributed by atoms with Crippen LogP contribution in [-0.4, -0.2) is 43.1 Å². The number of nitrogens with one attached hydrogen (secondary N) is 1. The molecule has 0 bridgehead atoms. The predicted molar refractivity (Wildman–Crippen MR) is 131 cm³/mol. The van der Waals surface area contributed by atoms with Crippen LogP contribution in [0.2, 0.25) is 0 Å². The van der Waals surface area contributed by atoms with Crippen molar-refractivity contribution in [2.75, 3.05) is 7.11 Å². The van der Waals surface area contributed by atoms with E-state index in [9.17, 15) is 9.59 Å². The van der Waals surface area contributed by atoms with E-state index in [2.05, 4.69) is 51.8 Å². The number of hydrogen-bond acceptors (Lipinski definition) is 6. The Morgan fingerprint density at radius 3 is 2.60 bits per heavy atom. The predicted octanol–water partition coefficient (Wildman–Crippen LogP) is 3.55. The van der Waals surface area contributed by atoms with Crippen LogP contribution in [0.4, 0.5) is 0 Å². The van der Waals surface area contributed by atoms with E-state index in [0.717, 1.165) is 52.8 Å². The van der Waals surface area contributed by atoms with Crippen molar-refractivity contribution in [2.45, 2.75) is 51.6 Å². The summed E-state index contributed by atoms with van der Waals surface area (Å²) in [5, 5.41) is 14.4. The fourth-order valence-corrected chi connectivity index (χ4v) is 5.03. The van der Waals surface area contributed by atoms with E-state index in [4.69, 9.17) is 4.74 Å². The lowest BCUT2D eigenvalue weighted by Crippen LogP contribution is -2.35. The summed E-state index contributed by atoms with van der Waals surface area (Å²) in [7, 11) is 1.40. The Balaban J connectivity index is 1.49. The Bertz CT molecular complexity index is 1390. The molecule has 4 aromatic rings. The average Bonchev–Trinajstić information content (AvgIpc) is 3.53. The number of hydrogen-bond donors (Lipinski definition) is 1. The molecule has 35 heavy (non-hydrogen) atoms. The standard InChI is InChI=1S/C26H28N6O3/c1-3-7-22-21(25(33)31-15-6-10-23(32(22)31)26(34)35-2)16-17-11-13-18(14-12-17)19-8-4-5-9-20(19)24-27-29-30-28-24/h4-5,8-9,11-14,23H,3,6-7,10,15-16H2,1-2H3,(H,27,28,29,30). The van der Waals surface area contributed by atoms with Crippen molar-refractivity contribution < 1.29 is 9.53 Å². The molecule has 9 heteroatoms. The number of ether oxygens (including phenoxy) is 1. The molecule has 0 aliphatic carbocycles. The Morgan fingerprint density at radius 2 is 1.91 bits per heavy atom. The molecule has 0 saturated carbocycles. The van der Waals surface area contributed by atoms with Crippen molar-refractivity contribution >= 4 is 5.97 Å². The fraction of sp³-hybridized carbons (Fsp3) is 0.346. The van der Waals surface area contributed by atoms with Crippen molar-refractivity contribution in [2.24, 2.45) is 0 Å². The molecule has 3 heterocycles. The minimum atomic E-state index is -0.444. The molecule has 0 saturated heterocycles. The second-order valence-electron chi connectivity index (χ2n) is 8.78. The number of tetrazole rings is 1. The lowest BCUT2D eigenvalue weighted by atomic mass is 9.96. The second kappa shape index (κ2) is 9.69. The third kappa shape index (κ3) is 4.18. The van der Waals surface area contributed by atoms with Gasteiger partial charge in [0.25, 0.3) is 5.56 Å². The van der Waals surface area contributed by atoms with E-state index < -0.39 is 6.04 Å². The van der Waals surface area contributed by atoms with Gasteiger partial charge < -0.3 is 4.74 Å². The van der Waals surface area contributed by atoms with Gasteiger partial charge in [-0.3, -0.25) is 9.48 Å². The Morgan fingerprint density at radius 1 is 1.14 bits per heavy atom. The zero-order chi connectivity index (χ0) is 24.4. The van der Waals surface area contributed by atoms with E-state index in [-0.39, 0.29) is 11.5 Å². The monoisotopic (exact) mass is 472 g/mol. The first-order valence-electron chi connectivity index (χ1n) is 12.0. The summed E-state index contributed by atoms with van der Waals surface area (Å²) in [6.45, 7) is 2.71. The average molecular weight is 473 g/mol. The zero-order valence-corrected chi connectivity index (χ0v) is 19.9. The summed E-state index contributed by atoms with van der Waals surface area (Å²) in [5.74, 6) is 0.253. The maximum absolute atomic E-state index is 13.4. The minimum Gasteiger partial charge on any atom is -0.467 e. The molecule has 0 fully saturated rings. The van der Waals surface area contributed by atoms with Gasteiger partial charge in [0.05, 0.1) is 7.11 Å². The number of methoxy groups -OCH3 is 1. The highest BCUT2D eigenvalue weighted by molar-refractivity contribution is 5.80. The molecular weight excluding hydrogens is 444 g/mol. The lowest BCUT2D eigenvalue weighted by molar-refractivity contribution is -0.146. The number of esters is 1. The summed E-state index contributed by atoms with van der Waals surface area (Å²) in [6, 6.07) is 15.7. The molecule has 1 aliphatic heterocycles. The van der Waals surface area contributed by atoms with Crippen molar-refractivity contribution in [1.82, 2.24) is 30.0 Å². The normalized spacial score (nSPS) is 15.1. The minimum absolute atomic E-state index is 0.00594. The Hall–Kier alpha value is -4.01. The maximum atomic E-state index is 13.4. The Kier molecular flexibility index (Phi) is 6.31. The molecule has 2 aromatic carbocycles. The molecule has 1 unspecified atom stereocenters. The molecule has 0 radical (unpaired) electrons. The van der Waals surface area contributed by atoms with Gasteiger partial charge in [-0.15, -0.1) is 10.2 Å². The van der Waals surface area contributed by atoms with Crippen LogP contribution in [0, 0.1) is 0 Å². The molecule has 2 aromatic heterocycles. The van der Waals surface area contributed by atoms with Gasteiger partial charge in [-0.25, -0.2) is 9.48 Å². The highest BCUT2D eigenvalue weighted by Gasteiger charge is 2.32. The van der Waals surface area contributed by atoms with Gasteiger partial charge in [-0.2, -0.15) is 5.21 Å². The van der Waals surface area contributed by atoms with Crippen LogP contribution in [0.3, 0.4) is 0 Å². The summed E-state index contributed by atoms with van der Waals surface area (Å²) in [6.07, 6.45) is 3.60. The van der Waals surface area contributed by atoms with Crippen molar-refractivity contribution in [3.8, 4) is 22.5 Å². The first-order chi connectivity index (χ1) is 17.1. The number of carbonyl (C=O) groups is 1. The Labute approximate surface area is 202 Å². The van der Waals surface area contributed by atoms with E-state index in [1.165, 1.54) is 7.11 Å². The SMILES string of the molecule is CCCc1c(Cc2ccc(-c3ccccc3-c3nn[nH]n3)cc2)c(=O)n2n1C(C(=O)OC)CCC2. The first-order valence-corrected chi connectivity index (χ1v) is 12.0. The summed E-state index contributed by atoms with van der Waals surface area (Å²) in [5.41, 5.74) is 5.68. The second-order valence-corrected chi connectivity index (χ2v) is 8.78. The summed E-state index contributed by atoms with van der Waals surface area (Å²) < 4.78 is 8.69. The van der Waals surface area contributed by atoms with Gasteiger partial charge >= 0.3 is 5.97 Å². The third-order valence-electron chi connectivity index (χ3n) is 6.64. The lowest BCUT2D eigenvalue weighted by Gasteiger charge is -2.27. The highest BCUT2D eigenvalue weighted by atomic mass is 16.5. The zero-order valence-electron chi connectivity index (χ0n) is 19.9. The molecular formula is C26H28N6O3. The van der Waals surface area contributed by atoms with Crippen LogP contribution in [0.1, 0.15) is 49.0 Å². The highest BCUT2D eigenvalue weighted by Crippen LogP contribution is 2.31. The topological polar surface area (TPSA) is 108 Å². The molecule has 0 amide bonds. The van der Waals surface area contributed by atoms with Gasteiger partial charge in [-0.1, -0.05) is 61.9 Å². The number of benzene rings is 2. The molecule has 5 rings (SSSR count). The number of nitrogens with zero attached hydrogens (tertiary/aromatic N) is 5. The number of rotatable bonds is 7. The largest absolute Gasteiger partial charge is 0.467 e. The van der Waals surface area contributed by atoms with E-state index in [0.29, 0.717) is 25.2 Å². The smallest absolute Gasteiger partial charge is 0.330 e. The molecule has 0 spiro atoms.